The fraction of sp³-hybridized carbons (Fsp3) is 0.500. The van der Waals surface area contributed by atoms with Crippen molar-refractivity contribution >= 4 is 11.6 Å². The normalized spacial score (nSPS) is 11.2. The minimum absolute atomic E-state index is 0.0741. The van der Waals surface area contributed by atoms with Crippen LogP contribution in [0.25, 0.3) is 0 Å². The molecule has 0 aliphatic heterocycles. The molecule has 0 atom stereocenters. The predicted octanol–water partition coefficient (Wildman–Crippen LogP) is 1.78. The van der Waals surface area contributed by atoms with Gasteiger partial charge < -0.3 is 10.6 Å². The van der Waals surface area contributed by atoms with Crippen LogP contribution in [-0.4, -0.2) is 29.4 Å². The number of rotatable bonds is 2. The molecule has 0 aliphatic rings. The van der Waals surface area contributed by atoms with Gasteiger partial charge in [0.15, 0.2) is 0 Å². The molecule has 2 N–H and O–H groups in total. The van der Waals surface area contributed by atoms with Gasteiger partial charge in [-0.2, -0.15) is 0 Å². The molecule has 0 radical (unpaired) electrons. The summed E-state index contributed by atoms with van der Waals surface area (Å²) in [5, 5.41) is 0. The SMILES string of the molecule is CN(CC(C)(C)C)C(=O)c1cc(N)ccn1. The van der Waals surface area contributed by atoms with Gasteiger partial charge >= 0.3 is 0 Å². The third kappa shape index (κ3) is 3.53. The van der Waals surface area contributed by atoms with Crippen LogP contribution in [-0.2, 0) is 0 Å². The highest BCUT2D eigenvalue weighted by molar-refractivity contribution is 5.92. The minimum Gasteiger partial charge on any atom is -0.399 e. The van der Waals surface area contributed by atoms with Crippen LogP contribution in [0, 0.1) is 5.41 Å². The number of carbonyl (C=O) groups is 1. The second-order valence-electron chi connectivity index (χ2n) is 5.20. The molecule has 0 aromatic carbocycles. The van der Waals surface area contributed by atoms with E-state index in [-0.39, 0.29) is 11.3 Å². The van der Waals surface area contributed by atoms with E-state index in [1.165, 1.54) is 0 Å². The Morgan fingerprint density at radius 2 is 2.12 bits per heavy atom. The summed E-state index contributed by atoms with van der Waals surface area (Å²) < 4.78 is 0. The van der Waals surface area contributed by atoms with Crippen LogP contribution in [0.2, 0.25) is 0 Å². The first-order valence-electron chi connectivity index (χ1n) is 5.26. The van der Waals surface area contributed by atoms with Crippen LogP contribution in [0.4, 0.5) is 5.69 Å². The molecule has 16 heavy (non-hydrogen) atoms. The Morgan fingerprint density at radius 3 is 2.62 bits per heavy atom. The molecule has 0 saturated carbocycles. The number of amides is 1. The van der Waals surface area contributed by atoms with Crippen molar-refractivity contribution in [1.82, 2.24) is 9.88 Å². The van der Waals surface area contributed by atoms with E-state index in [0.717, 1.165) is 0 Å². The third-order valence-corrected chi connectivity index (χ3v) is 2.06. The lowest BCUT2D eigenvalue weighted by atomic mass is 9.96. The molecule has 0 aliphatic carbocycles. The quantitative estimate of drug-likeness (QED) is 0.828. The number of aromatic nitrogens is 1. The number of nitrogen functional groups attached to an aromatic ring is 1. The summed E-state index contributed by atoms with van der Waals surface area (Å²) in [6.45, 7) is 6.94. The number of hydrogen-bond acceptors (Lipinski definition) is 3. The lowest BCUT2D eigenvalue weighted by Gasteiger charge is -2.26. The van der Waals surface area contributed by atoms with Crippen LogP contribution in [0.3, 0.4) is 0 Å². The zero-order valence-electron chi connectivity index (χ0n) is 10.3. The van der Waals surface area contributed by atoms with Gasteiger partial charge in [-0.15, -0.1) is 0 Å². The summed E-state index contributed by atoms with van der Waals surface area (Å²) >= 11 is 0. The smallest absolute Gasteiger partial charge is 0.272 e. The summed E-state index contributed by atoms with van der Waals surface area (Å²) in [4.78, 5) is 17.7. The molecule has 4 nitrogen and oxygen atoms in total. The molecule has 1 heterocycles. The highest BCUT2D eigenvalue weighted by atomic mass is 16.2. The van der Waals surface area contributed by atoms with Crippen LogP contribution in [0.15, 0.2) is 18.3 Å². The average Bonchev–Trinajstić information content (AvgIpc) is 2.14. The van der Waals surface area contributed by atoms with Gasteiger partial charge in [0, 0.05) is 25.5 Å². The number of anilines is 1. The van der Waals surface area contributed by atoms with Crippen molar-refractivity contribution in [3.05, 3.63) is 24.0 Å². The molecule has 0 fully saturated rings. The van der Waals surface area contributed by atoms with E-state index in [0.29, 0.717) is 17.9 Å². The number of nitrogens with two attached hydrogens (primary N) is 1. The number of carbonyl (C=O) groups excluding carboxylic acids is 1. The Hall–Kier alpha value is -1.58. The van der Waals surface area contributed by atoms with E-state index in [1.807, 2.05) is 0 Å². The maximum Gasteiger partial charge on any atom is 0.272 e. The number of pyridine rings is 1. The first-order valence-corrected chi connectivity index (χ1v) is 5.26. The van der Waals surface area contributed by atoms with Gasteiger partial charge in [-0.1, -0.05) is 20.8 Å². The lowest BCUT2D eigenvalue weighted by Crippen LogP contribution is -2.34. The molecule has 0 bridgehead atoms. The van der Waals surface area contributed by atoms with Gasteiger partial charge in [0.25, 0.3) is 5.91 Å². The Bertz CT molecular complexity index is 382. The van der Waals surface area contributed by atoms with Crippen LogP contribution < -0.4 is 5.73 Å². The molecule has 0 saturated heterocycles. The van der Waals surface area contributed by atoms with Crippen molar-refractivity contribution in [1.29, 1.82) is 0 Å². The maximum atomic E-state index is 12.0. The molecular formula is C12H19N3O. The first-order chi connectivity index (χ1) is 7.29. The van der Waals surface area contributed by atoms with E-state index in [9.17, 15) is 4.79 Å². The summed E-state index contributed by atoms with van der Waals surface area (Å²) in [5.74, 6) is -0.0952. The zero-order valence-corrected chi connectivity index (χ0v) is 10.3. The van der Waals surface area contributed by atoms with Crippen LogP contribution in [0.1, 0.15) is 31.3 Å². The maximum absolute atomic E-state index is 12.0. The van der Waals surface area contributed by atoms with Gasteiger partial charge in [-0.25, -0.2) is 0 Å². The van der Waals surface area contributed by atoms with Crippen molar-refractivity contribution in [2.24, 2.45) is 5.41 Å². The van der Waals surface area contributed by atoms with Crippen molar-refractivity contribution < 1.29 is 4.79 Å². The first kappa shape index (κ1) is 12.5. The molecule has 1 aromatic rings. The molecule has 1 aromatic heterocycles. The van der Waals surface area contributed by atoms with Gasteiger partial charge in [0.05, 0.1) is 0 Å². The average molecular weight is 221 g/mol. The Kier molecular flexibility index (Phi) is 3.52. The molecule has 1 rings (SSSR count). The number of hydrogen-bond donors (Lipinski definition) is 1. The summed E-state index contributed by atoms with van der Waals surface area (Å²) in [5.41, 5.74) is 6.64. The van der Waals surface area contributed by atoms with Gasteiger partial charge in [-0.3, -0.25) is 9.78 Å². The zero-order chi connectivity index (χ0) is 12.3. The third-order valence-electron chi connectivity index (χ3n) is 2.06. The topological polar surface area (TPSA) is 59.2 Å². The largest absolute Gasteiger partial charge is 0.399 e. The Balaban J connectivity index is 2.78. The molecular weight excluding hydrogens is 202 g/mol. The molecule has 4 heteroatoms. The van der Waals surface area contributed by atoms with Crippen molar-refractivity contribution in [3.8, 4) is 0 Å². The van der Waals surface area contributed by atoms with Crippen molar-refractivity contribution in [3.63, 3.8) is 0 Å². The van der Waals surface area contributed by atoms with Crippen molar-refractivity contribution in [2.45, 2.75) is 20.8 Å². The fourth-order valence-corrected chi connectivity index (χ4v) is 1.54. The minimum atomic E-state index is -0.0952. The van der Waals surface area contributed by atoms with Gasteiger partial charge in [0.2, 0.25) is 0 Å². The van der Waals surface area contributed by atoms with Crippen LogP contribution in [0.5, 0.6) is 0 Å². The van der Waals surface area contributed by atoms with E-state index in [2.05, 4.69) is 25.8 Å². The fourth-order valence-electron chi connectivity index (χ4n) is 1.54. The Labute approximate surface area is 96.5 Å². The second kappa shape index (κ2) is 4.51. The molecule has 0 unspecified atom stereocenters. The van der Waals surface area contributed by atoms with E-state index in [4.69, 9.17) is 5.73 Å². The molecule has 1 amide bonds. The van der Waals surface area contributed by atoms with Gasteiger partial charge in [0.1, 0.15) is 5.69 Å². The predicted molar refractivity (Wildman–Crippen MR) is 65.1 cm³/mol. The lowest BCUT2D eigenvalue weighted by molar-refractivity contribution is 0.0740. The molecule has 88 valence electrons. The van der Waals surface area contributed by atoms with E-state index < -0.39 is 0 Å². The highest BCUT2D eigenvalue weighted by Gasteiger charge is 2.19. The van der Waals surface area contributed by atoms with Gasteiger partial charge in [-0.05, 0) is 17.5 Å². The van der Waals surface area contributed by atoms with Crippen molar-refractivity contribution in [2.75, 3.05) is 19.3 Å². The van der Waals surface area contributed by atoms with Crippen LogP contribution >= 0.6 is 0 Å². The summed E-state index contributed by atoms with van der Waals surface area (Å²) in [6, 6.07) is 3.27. The second-order valence-corrected chi connectivity index (χ2v) is 5.20. The standard InChI is InChI=1S/C12H19N3O/c1-12(2,3)8-15(4)11(16)10-7-9(13)5-6-14-10/h5-7H,8H2,1-4H3,(H2,13,14). The number of nitrogens with zero attached hydrogens (tertiary/aromatic N) is 2. The summed E-state index contributed by atoms with van der Waals surface area (Å²) in [6.07, 6.45) is 1.55. The van der Waals surface area contributed by atoms with E-state index in [1.54, 1.807) is 30.3 Å². The van der Waals surface area contributed by atoms with E-state index >= 15 is 0 Å². The molecule has 0 spiro atoms. The Morgan fingerprint density at radius 1 is 1.50 bits per heavy atom. The highest BCUT2D eigenvalue weighted by Crippen LogP contribution is 2.15. The summed E-state index contributed by atoms with van der Waals surface area (Å²) in [7, 11) is 1.78. The monoisotopic (exact) mass is 221 g/mol.